The molecule has 138 valence electrons. The zero-order valence-electron chi connectivity index (χ0n) is 14.1. The number of hydrogen-bond acceptors (Lipinski definition) is 6. The first-order chi connectivity index (χ1) is 12.9. The molecule has 0 bridgehead atoms. The largest absolute Gasteiger partial charge is 0.478 e. The average molecular weight is 372 g/mol. The lowest BCUT2D eigenvalue weighted by atomic mass is 10.1. The number of pyridine rings is 3. The Morgan fingerprint density at radius 1 is 1.19 bits per heavy atom. The van der Waals surface area contributed by atoms with Gasteiger partial charge in [-0.15, -0.1) is 0 Å². The van der Waals surface area contributed by atoms with Crippen molar-refractivity contribution < 1.29 is 23.4 Å². The van der Waals surface area contributed by atoms with E-state index in [1.165, 1.54) is 18.3 Å². The maximum Gasteiger partial charge on any atom is 0.338 e. The van der Waals surface area contributed by atoms with Crippen LogP contribution in [0.3, 0.4) is 0 Å². The molecule has 0 fully saturated rings. The molecule has 27 heavy (non-hydrogen) atoms. The van der Waals surface area contributed by atoms with Crippen LogP contribution in [0.5, 0.6) is 5.88 Å². The van der Waals surface area contributed by atoms with Crippen molar-refractivity contribution in [3.8, 4) is 28.5 Å². The summed E-state index contributed by atoms with van der Waals surface area (Å²) in [6.45, 7) is 2.24. The van der Waals surface area contributed by atoms with Crippen molar-refractivity contribution >= 4 is 11.7 Å². The summed E-state index contributed by atoms with van der Waals surface area (Å²) in [4.78, 5) is 23.2. The van der Waals surface area contributed by atoms with Gasteiger partial charge in [0, 0.05) is 17.8 Å². The minimum absolute atomic E-state index is 0.137. The van der Waals surface area contributed by atoms with E-state index in [-0.39, 0.29) is 17.1 Å². The van der Waals surface area contributed by atoms with Crippen LogP contribution in [0.2, 0.25) is 0 Å². The van der Waals surface area contributed by atoms with Gasteiger partial charge in [-0.3, -0.25) is 0 Å². The number of aromatic nitrogens is 3. The number of ether oxygens (including phenoxy) is 1. The smallest absolute Gasteiger partial charge is 0.338 e. The van der Waals surface area contributed by atoms with Gasteiger partial charge in [0.1, 0.15) is 5.69 Å². The molecule has 0 saturated heterocycles. The van der Waals surface area contributed by atoms with Crippen molar-refractivity contribution in [1.29, 1.82) is 0 Å². The normalized spacial score (nSPS) is 10.6. The lowest BCUT2D eigenvalue weighted by molar-refractivity contribution is 0.0692. The predicted octanol–water partition coefficient (Wildman–Crippen LogP) is 3.16. The van der Waals surface area contributed by atoms with Crippen molar-refractivity contribution in [1.82, 2.24) is 15.0 Å². The third kappa shape index (κ3) is 3.66. The average Bonchev–Trinajstić information content (AvgIpc) is 2.65. The number of carbonyl (C=O) groups is 1. The molecule has 3 rings (SSSR count). The van der Waals surface area contributed by atoms with Crippen LogP contribution < -0.4 is 10.5 Å². The fraction of sp³-hybridized carbons (Fsp3) is 0.111. The lowest BCUT2D eigenvalue weighted by Crippen LogP contribution is -2.07. The van der Waals surface area contributed by atoms with Gasteiger partial charge in [-0.25, -0.2) is 24.1 Å². The number of rotatable bonds is 5. The third-order valence-electron chi connectivity index (χ3n) is 3.63. The number of nitrogens with two attached hydrogens (primary N) is 1. The minimum atomic E-state index is -1.49. The first-order valence-corrected chi connectivity index (χ1v) is 7.86. The summed E-state index contributed by atoms with van der Waals surface area (Å²) in [6.07, 6.45) is 1.41. The van der Waals surface area contributed by atoms with Gasteiger partial charge >= 0.3 is 5.97 Å². The molecule has 0 aliphatic rings. The molecule has 7 nitrogen and oxygen atoms in total. The van der Waals surface area contributed by atoms with Crippen LogP contribution in [-0.4, -0.2) is 32.6 Å². The topological polar surface area (TPSA) is 111 Å². The maximum atomic E-state index is 14.6. The van der Waals surface area contributed by atoms with E-state index >= 15 is 0 Å². The summed E-state index contributed by atoms with van der Waals surface area (Å²) in [7, 11) is 0. The minimum Gasteiger partial charge on any atom is -0.478 e. The first-order valence-electron chi connectivity index (χ1n) is 7.86. The summed E-state index contributed by atoms with van der Waals surface area (Å²) in [6, 6.07) is 6.71. The van der Waals surface area contributed by atoms with Crippen LogP contribution in [0, 0.1) is 11.8 Å². The highest BCUT2D eigenvalue weighted by Crippen LogP contribution is 2.28. The number of carboxylic acids is 1. The van der Waals surface area contributed by atoms with E-state index in [2.05, 4.69) is 15.0 Å². The van der Waals surface area contributed by atoms with E-state index in [0.717, 1.165) is 6.07 Å². The van der Waals surface area contributed by atoms with Crippen molar-refractivity contribution in [3.05, 3.63) is 53.9 Å². The van der Waals surface area contributed by atoms with Crippen molar-refractivity contribution in [2.24, 2.45) is 0 Å². The van der Waals surface area contributed by atoms with Crippen LogP contribution >= 0.6 is 0 Å². The molecule has 0 aliphatic heterocycles. The summed E-state index contributed by atoms with van der Waals surface area (Å²) >= 11 is 0. The predicted molar refractivity (Wildman–Crippen MR) is 93.2 cm³/mol. The quantitative estimate of drug-likeness (QED) is 0.662. The molecule has 0 unspecified atom stereocenters. The highest BCUT2D eigenvalue weighted by molar-refractivity contribution is 5.91. The Morgan fingerprint density at radius 2 is 1.96 bits per heavy atom. The second-order valence-electron chi connectivity index (χ2n) is 5.42. The zero-order chi connectivity index (χ0) is 19.6. The molecule has 0 aliphatic carbocycles. The maximum absolute atomic E-state index is 14.6. The molecule has 0 amide bonds. The second kappa shape index (κ2) is 7.32. The Morgan fingerprint density at radius 3 is 2.56 bits per heavy atom. The number of nitrogens with zero attached hydrogens (tertiary/aromatic N) is 3. The third-order valence-corrected chi connectivity index (χ3v) is 3.63. The van der Waals surface area contributed by atoms with Gasteiger partial charge in [-0.1, -0.05) is 0 Å². The Bertz CT molecular complexity index is 1010. The summed E-state index contributed by atoms with van der Waals surface area (Å²) in [5, 5.41) is 9.30. The van der Waals surface area contributed by atoms with Crippen molar-refractivity contribution in [3.63, 3.8) is 0 Å². The zero-order valence-corrected chi connectivity index (χ0v) is 14.1. The molecule has 0 spiro atoms. The Labute approximate surface area is 152 Å². The van der Waals surface area contributed by atoms with Crippen LogP contribution in [0.1, 0.15) is 17.3 Å². The summed E-state index contributed by atoms with van der Waals surface area (Å²) < 4.78 is 33.5. The van der Waals surface area contributed by atoms with E-state index in [9.17, 15) is 18.7 Å². The van der Waals surface area contributed by atoms with Crippen LogP contribution in [0.4, 0.5) is 14.5 Å². The van der Waals surface area contributed by atoms with E-state index < -0.39 is 29.0 Å². The SMILES string of the molecule is CCOc1ccc(-c2cc(C(=O)O)c(F)c(-c3ccc(N)c(F)n3)n2)cn1. The second-order valence-corrected chi connectivity index (χ2v) is 5.42. The number of halogens is 2. The van der Waals surface area contributed by atoms with Gasteiger partial charge in [0.15, 0.2) is 5.82 Å². The molecule has 3 aromatic rings. The first kappa shape index (κ1) is 18.2. The van der Waals surface area contributed by atoms with Gasteiger partial charge in [-0.05, 0) is 31.2 Å². The molecule has 0 aromatic carbocycles. The number of hydrogen-bond donors (Lipinski definition) is 2. The highest BCUT2D eigenvalue weighted by atomic mass is 19.1. The summed E-state index contributed by atoms with van der Waals surface area (Å²) in [5.74, 6) is -3.24. The van der Waals surface area contributed by atoms with Crippen LogP contribution in [0.15, 0.2) is 36.5 Å². The Balaban J connectivity index is 2.16. The molecule has 3 aromatic heterocycles. The molecule has 0 saturated carbocycles. The van der Waals surface area contributed by atoms with Gasteiger partial charge in [0.2, 0.25) is 11.8 Å². The molecule has 0 atom stereocenters. The lowest BCUT2D eigenvalue weighted by Gasteiger charge is -2.10. The van der Waals surface area contributed by atoms with Crippen molar-refractivity contribution in [2.75, 3.05) is 12.3 Å². The molecule has 9 heteroatoms. The van der Waals surface area contributed by atoms with E-state index in [1.54, 1.807) is 19.1 Å². The number of carboxylic acid groups (broad SMARTS) is 1. The molecule has 3 N–H and O–H groups in total. The fourth-order valence-corrected chi connectivity index (χ4v) is 2.34. The van der Waals surface area contributed by atoms with Gasteiger partial charge in [0.05, 0.1) is 29.2 Å². The van der Waals surface area contributed by atoms with Gasteiger partial charge < -0.3 is 15.6 Å². The van der Waals surface area contributed by atoms with E-state index in [1.807, 2.05) is 0 Å². The van der Waals surface area contributed by atoms with Crippen LogP contribution in [0.25, 0.3) is 22.6 Å². The monoisotopic (exact) mass is 372 g/mol. The Hall–Kier alpha value is -3.62. The standard InChI is InChI=1S/C18H14F2N4O3/c1-2-27-14-6-3-9(8-22-14)13-7-10(18(25)26)15(19)16(23-13)12-5-4-11(21)17(20)24-12/h3-8H,2,21H2,1H3,(H,25,26). The molecule has 3 heterocycles. The molecular weight excluding hydrogens is 358 g/mol. The van der Waals surface area contributed by atoms with Crippen LogP contribution in [-0.2, 0) is 0 Å². The van der Waals surface area contributed by atoms with Gasteiger partial charge in [-0.2, -0.15) is 4.39 Å². The Kier molecular flexibility index (Phi) is 4.93. The van der Waals surface area contributed by atoms with Gasteiger partial charge in [0.25, 0.3) is 0 Å². The summed E-state index contributed by atoms with van der Waals surface area (Å²) in [5.41, 5.74) is 4.52. The van der Waals surface area contributed by atoms with E-state index in [0.29, 0.717) is 18.1 Å². The van der Waals surface area contributed by atoms with Crippen molar-refractivity contribution in [2.45, 2.75) is 6.92 Å². The number of aromatic carboxylic acids is 1. The number of anilines is 1. The fourth-order valence-electron chi connectivity index (χ4n) is 2.34. The molecule has 0 radical (unpaired) electrons. The highest BCUT2D eigenvalue weighted by Gasteiger charge is 2.21. The number of nitrogen functional groups attached to an aromatic ring is 1. The molecular formula is C18H14F2N4O3. The van der Waals surface area contributed by atoms with E-state index in [4.69, 9.17) is 10.5 Å².